The highest BCUT2D eigenvalue weighted by atomic mass is 19.4. The van der Waals surface area contributed by atoms with Gasteiger partial charge in [0.2, 0.25) is 5.95 Å². The van der Waals surface area contributed by atoms with Crippen LogP contribution < -0.4 is 10.1 Å². The van der Waals surface area contributed by atoms with Gasteiger partial charge in [-0.1, -0.05) is 20.8 Å². The lowest BCUT2D eigenvalue weighted by atomic mass is 9.70. The number of hydrogen-bond donors (Lipinski definition) is 2. The van der Waals surface area contributed by atoms with Crippen LogP contribution in [0.5, 0.6) is 5.75 Å². The summed E-state index contributed by atoms with van der Waals surface area (Å²) in [5.41, 5.74) is 2.27. The molecule has 0 saturated heterocycles. The number of carboxylic acids is 1. The molecular weight excluding hydrogens is 513 g/mol. The first-order chi connectivity index (χ1) is 18.1. The molecule has 1 aromatic heterocycles. The molecule has 8 nitrogen and oxygen atoms in total. The van der Waals surface area contributed by atoms with Gasteiger partial charge in [-0.25, -0.2) is 9.78 Å². The highest BCUT2D eigenvalue weighted by Gasteiger charge is 2.35. The molecule has 2 N–H and O–H groups in total. The zero-order chi connectivity index (χ0) is 28.7. The lowest BCUT2D eigenvalue weighted by Gasteiger charge is -2.40. The molecule has 1 aliphatic carbocycles. The number of carbonyl (C=O) groups excluding carboxylic acids is 1. The third-order valence-electron chi connectivity index (χ3n) is 7.27. The number of benzene rings is 2. The second-order valence-corrected chi connectivity index (χ2v) is 11.2. The first-order valence-electron chi connectivity index (χ1n) is 12.8. The fourth-order valence-corrected chi connectivity index (χ4v) is 5.60. The van der Waals surface area contributed by atoms with Crippen LogP contribution in [0.4, 0.5) is 24.8 Å². The first-order valence-corrected chi connectivity index (χ1v) is 12.8. The van der Waals surface area contributed by atoms with E-state index in [0.29, 0.717) is 28.6 Å². The van der Waals surface area contributed by atoms with Crippen molar-refractivity contribution in [1.29, 1.82) is 0 Å². The van der Waals surface area contributed by atoms with Crippen molar-refractivity contribution in [3.63, 3.8) is 0 Å². The second kappa shape index (κ2) is 10.4. The minimum absolute atomic E-state index is 0.0956. The lowest BCUT2D eigenvalue weighted by Crippen LogP contribution is -2.40. The number of hydrogen-bond acceptors (Lipinski definition) is 5. The Morgan fingerprint density at radius 2 is 1.85 bits per heavy atom. The number of aliphatic carboxylic acids is 1. The van der Waals surface area contributed by atoms with Crippen molar-refractivity contribution >= 4 is 34.5 Å². The van der Waals surface area contributed by atoms with Crippen molar-refractivity contribution in [3.05, 3.63) is 48.0 Å². The fraction of sp³-hybridized carbons (Fsp3) is 0.464. The van der Waals surface area contributed by atoms with Crippen LogP contribution in [0.1, 0.15) is 63.4 Å². The Bertz CT molecular complexity index is 1370. The van der Waals surface area contributed by atoms with Crippen LogP contribution in [0.3, 0.4) is 0 Å². The average molecular weight is 547 g/mol. The summed E-state index contributed by atoms with van der Waals surface area (Å²) in [7, 11) is 1.44. The SMILES string of the molecule is CC1CC(n2c(Nc3ccc(OC(F)(F)F)cc3)nc3cc(C(=O)N(C)C(C)C(=O)O)ccc32)CC(C)(C)C1. The first kappa shape index (κ1) is 28.3. The monoisotopic (exact) mass is 546 g/mol. The molecule has 11 heteroatoms. The van der Waals surface area contributed by atoms with Crippen LogP contribution in [0.25, 0.3) is 11.0 Å². The van der Waals surface area contributed by atoms with E-state index in [1.165, 1.54) is 38.2 Å². The number of nitrogens with one attached hydrogen (secondary N) is 1. The molecular formula is C28H33F3N4O4. The zero-order valence-corrected chi connectivity index (χ0v) is 22.5. The lowest BCUT2D eigenvalue weighted by molar-refractivity contribution is -0.274. The quantitative estimate of drug-likeness (QED) is 0.346. The predicted octanol–water partition coefficient (Wildman–Crippen LogP) is 6.61. The number of rotatable bonds is 7. The summed E-state index contributed by atoms with van der Waals surface area (Å²) >= 11 is 0. The van der Waals surface area contributed by atoms with Gasteiger partial charge < -0.3 is 24.6 Å². The number of nitrogens with zero attached hydrogens (tertiary/aromatic N) is 3. The maximum Gasteiger partial charge on any atom is 0.573 e. The third-order valence-corrected chi connectivity index (χ3v) is 7.27. The third kappa shape index (κ3) is 6.46. The van der Waals surface area contributed by atoms with Gasteiger partial charge in [-0.3, -0.25) is 4.79 Å². The molecule has 3 aromatic rings. The van der Waals surface area contributed by atoms with Crippen LogP contribution in [0.2, 0.25) is 0 Å². The Labute approximate surface area is 224 Å². The summed E-state index contributed by atoms with van der Waals surface area (Å²) in [5, 5.41) is 12.5. The molecule has 210 valence electrons. The van der Waals surface area contributed by atoms with Crippen LogP contribution in [-0.4, -0.2) is 50.9 Å². The van der Waals surface area contributed by atoms with Crippen molar-refractivity contribution in [1.82, 2.24) is 14.5 Å². The van der Waals surface area contributed by atoms with Crippen LogP contribution in [-0.2, 0) is 4.79 Å². The van der Waals surface area contributed by atoms with Crippen LogP contribution in [0.15, 0.2) is 42.5 Å². The van der Waals surface area contributed by atoms with Crippen molar-refractivity contribution in [2.75, 3.05) is 12.4 Å². The Kier molecular flexibility index (Phi) is 7.55. The Balaban J connectivity index is 1.73. The number of ether oxygens (including phenoxy) is 1. The van der Waals surface area contributed by atoms with E-state index in [2.05, 4.69) is 35.4 Å². The number of carboxylic acid groups (broad SMARTS) is 1. The largest absolute Gasteiger partial charge is 0.573 e. The standard InChI is InChI=1S/C28H33F3N4O4/c1-16-12-20(15-27(3,4)14-16)35-23-11-6-18(24(36)34(5)17(2)25(37)38)13-22(23)33-26(35)32-19-7-9-21(10-8-19)39-28(29,30)31/h6-11,13,16-17,20H,12,14-15H2,1-5H3,(H,32,33)(H,37,38). The number of halogens is 3. The Hall–Kier alpha value is -3.76. The molecule has 39 heavy (non-hydrogen) atoms. The number of fused-ring (bicyclic) bond motifs is 1. The zero-order valence-electron chi connectivity index (χ0n) is 22.5. The summed E-state index contributed by atoms with van der Waals surface area (Å²) in [6, 6.07) is 9.63. The number of anilines is 2. The van der Waals surface area contributed by atoms with Gasteiger partial charge in [0, 0.05) is 24.3 Å². The molecule has 0 spiro atoms. The maximum absolute atomic E-state index is 13.0. The number of carbonyl (C=O) groups is 2. The second-order valence-electron chi connectivity index (χ2n) is 11.2. The number of imidazole rings is 1. The van der Waals surface area contributed by atoms with E-state index in [-0.39, 0.29) is 17.2 Å². The van der Waals surface area contributed by atoms with Crippen LogP contribution in [0, 0.1) is 11.3 Å². The molecule has 1 fully saturated rings. The fourth-order valence-electron chi connectivity index (χ4n) is 5.60. The number of amides is 1. The van der Waals surface area contributed by atoms with Gasteiger partial charge in [-0.05, 0) is 80.0 Å². The molecule has 2 aromatic carbocycles. The summed E-state index contributed by atoms with van der Waals surface area (Å²) in [6.07, 6.45) is -1.87. The molecule has 1 heterocycles. The topological polar surface area (TPSA) is 96.7 Å². The molecule has 1 amide bonds. The summed E-state index contributed by atoms with van der Waals surface area (Å²) in [5.74, 6) is -0.907. The molecule has 3 unspecified atom stereocenters. The Morgan fingerprint density at radius 1 is 1.18 bits per heavy atom. The van der Waals surface area contributed by atoms with Crippen LogP contribution >= 0.6 is 0 Å². The average Bonchev–Trinajstić information content (AvgIpc) is 3.18. The number of likely N-dealkylation sites (N-methyl/N-ethyl adjacent to an activating group) is 1. The highest BCUT2D eigenvalue weighted by molar-refractivity contribution is 5.99. The van der Waals surface area contributed by atoms with Gasteiger partial charge in [0.15, 0.2) is 0 Å². The van der Waals surface area contributed by atoms with E-state index in [9.17, 15) is 27.9 Å². The summed E-state index contributed by atoms with van der Waals surface area (Å²) in [6.45, 7) is 8.12. The van der Waals surface area contributed by atoms with E-state index >= 15 is 0 Å². The minimum Gasteiger partial charge on any atom is -0.480 e. The predicted molar refractivity (Wildman–Crippen MR) is 141 cm³/mol. The van der Waals surface area contributed by atoms with Gasteiger partial charge in [0.1, 0.15) is 11.8 Å². The van der Waals surface area contributed by atoms with E-state index in [4.69, 9.17) is 4.98 Å². The van der Waals surface area contributed by atoms with Gasteiger partial charge in [-0.2, -0.15) is 0 Å². The molecule has 0 radical (unpaired) electrons. The molecule has 1 saturated carbocycles. The van der Waals surface area contributed by atoms with E-state index in [1.807, 2.05) is 6.07 Å². The smallest absolute Gasteiger partial charge is 0.480 e. The van der Waals surface area contributed by atoms with Gasteiger partial charge in [0.25, 0.3) is 5.91 Å². The number of aromatic nitrogens is 2. The van der Waals surface area contributed by atoms with Crippen molar-refractivity contribution < 1.29 is 32.6 Å². The van der Waals surface area contributed by atoms with Gasteiger partial charge in [0.05, 0.1) is 11.0 Å². The van der Waals surface area contributed by atoms with E-state index < -0.39 is 24.3 Å². The molecule has 4 rings (SSSR count). The summed E-state index contributed by atoms with van der Waals surface area (Å²) < 4.78 is 43.8. The molecule has 0 bridgehead atoms. The van der Waals surface area contributed by atoms with E-state index in [0.717, 1.165) is 29.7 Å². The highest BCUT2D eigenvalue weighted by Crippen LogP contribution is 2.46. The molecule has 1 aliphatic rings. The molecule has 3 atom stereocenters. The van der Waals surface area contributed by atoms with Crippen molar-refractivity contribution in [3.8, 4) is 5.75 Å². The van der Waals surface area contributed by atoms with E-state index in [1.54, 1.807) is 12.1 Å². The summed E-state index contributed by atoms with van der Waals surface area (Å²) in [4.78, 5) is 30.3. The van der Waals surface area contributed by atoms with Crippen molar-refractivity contribution in [2.45, 2.75) is 65.4 Å². The Morgan fingerprint density at radius 3 is 2.44 bits per heavy atom. The maximum atomic E-state index is 13.0. The number of alkyl halides is 3. The van der Waals surface area contributed by atoms with Gasteiger partial charge in [-0.15, -0.1) is 13.2 Å². The minimum atomic E-state index is -4.78. The normalized spacial score (nSPS) is 19.9. The molecule has 0 aliphatic heterocycles. The van der Waals surface area contributed by atoms with Gasteiger partial charge >= 0.3 is 12.3 Å². The van der Waals surface area contributed by atoms with Crippen molar-refractivity contribution in [2.24, 2.45) is 11.3 Å².